The highest BCUT2D eigenvalue weighted by Crippen LogP contribution is 2.18. The third kappa shape index (κ3) is 4.19. The Balaban J connectivity index is 1.75. The van der Waals surface area contributed by atoms with Gasteiger partial charge in [0.1, 0.15) is 0 Å². The summed E-state index contributed by atoms with van der Waals surface area (Å²) in [6.07, 6.45) is 5.69. The molecule has 0 radical (unpaired) electrons. The zero-order valence-electron chi connectivity index (χ0n) is 11.1. The van der Waals surface area contributed by atoms with Gasteiger partial charge in [0.15, 0.2) is 0 Å². The third-order valence-corrected chi connectivity index (χ3v) is 5.08. The number of ether oxygens (including phenoxy) is 1. The van der Waals surface area contributed by atoms with E-state index in [-0.39, 0.29) is 0 Å². The Bertz CT molecular complexity index is 352. The molecule has 0 aromatic carbocycles. The minimum atomic E-state index is -3.02. The first-order valence-corrected chi connectivity index (χ1v) is 8.67. The number of sulfonamides is 1. The molecule has 2 saturated heterocycles. The van der Waals surface area contributed by atoms with Gasteiger partial charge in [-0.3, -0.25) is 0 Å². The fourth-order valence-corrected chi connectivity index (χ4v) is 3.67. The average Bonchev–Trinajstić information content (AvgIpc) is 2.37. The molecule has 2 aliphatic rings. The summed E-state index contributed by atoms with van der Waals surface area (Å²) in [5, 5.41) is 3.52. The lowest BCUT2D eigenvalue weighted by atomic mass is 9.99. The molecule has 2 unspecified atom stereocenters. The van der Waals surface area contributed by atoms with Gasteiger partial charge >= 0.3 is 0 Å². The molecular formula is C12H24N2O3S. The van der Waals surface area contributed by atoms with Crippen LogP contribution >= 0.6 is 0 Å². The molecule has 2 heterocycles. The van der Waals surface area contributed by atoms with E-state index in [2.05, 4.69) is 5.32 Å². The minimum Gasteiger partial charge on any atom is -0.380 e. The van der Waals surface area contributed by atoms with Gasteiger partial charge in [0.2, 0.25) is 10.0 Å². The number of nitrogens with one attached hydrogen (secondary N) is 1. The second kappa shape index (κ2) is 6.32. The molecule has 2 rings (SSSR count). The molecule has 0 bridgehead atoms. The summed E-state index contributed by atoms with van der Waals surface area (Å²) >= 11 is 0. The lowest BCUT2D eigenvalue weighted by Crippen LogP contribution is -2.45. The largest absolute Gasteiger partial charge is 0.380 e. The van der Waals surface area contributed by atoms with Gasteiger partial charge in [0, 0.05) is 25.7 Å². The minimum absolute atomic E-state index is 0.440. The van der Waals surface area contributed by atoms with Crippen molar-refractivity contribution in [3.05, 3.63) is 0 Å². The van der Waals surface area contributed by atoms with Crippen molar-refractivity contribution in [2.24, 2.45) is 5.92 Å². The van der Waals surface area contributed by atoms with Crippen LogP contribution in [0.25, 0.3) is 0 Å². The molecule has 0 aliphatic carbocycles. The Kier molecular flexibility index (Phi) is 5.00. The quantitative estimate of drug-likeness (QED) is 0.809. The van der Waals surface area contributed by atoms with Crippen molar-refractivity contribution in [1.29, 1.82) is 0 Å². The molecule has 106 valence electrons. The summed E-state index contributed by atoms with van der Waals surface area (Å²) in [5.41, 5.74) is 0. The van der Waals surface area contributed by atoms with Crippen LogP contribution in [-0.2, 0) is 14.8 Å². The van der Waals surface area contributed by atoms with E-state index in [0.29, 0.717) is 25.0 Å². The first-order chi connectivity index (χ1) is 8.55. The normalized spacial score (nSPS) is 31.4. The maximum atomic E-state index is 11.5. The molecule has 0 spiro atoms. The van der Waals surface area contributed by atoms with E-state index in [4.69, 9.17) is 4.74 Å². The van der Waals surface area contributed by atoms with Crippen molar-refractivity contribution >= 4 is 10.0 Å². The Morgan fingerprint density at radius 2 is 2.17 bits per heavy atom. The van der Waals surface area contributed by atoms with E-state index >= 15 is 0 Å². The Labute approximate surface area is 110 Å². The first kappa shape index (κ1) is 14.2. The van der Waals surface area contributed by atoms with E-state index in [1.165, 1.54) is 12.7 Å². The fourth-order valence-electron chi connectivity index (χ4n) is 2.73. The van der Waals surface area contributed by atoms with Gasteiger partial charge in [-0.15, -0.1) is 0 Å². The monoisotopic (exact) mass is 276 g/mol. The predicted octanol–water partition coefficient (Wildman–Crippen LogP) is 0.427. The molecule has 2 fully saturated rings. The van der Waals surface area contributed by atoms with Crippen LogP contribution in [0, 0.1) is 5.92 Å². The summed E-state index contributed by atoms with van der Waals surface area (Å²) < 4.78 is 30.1. The summed E-state index contributed by atoms with van der Waals surface area (Å²) in [6, 6.07) is 0.451. The molecule has 2 atom stereocenters. The van der Waals surface area contributed by atoms with Gasteiger partial charge in [-0.1, -0.05) is 0 Å². The summed E-state index contributed by atoms with van der Waals surface area (Å²) in [4.78, 5) is 0. The van der Waals surface area contributed by atoms with Crippen LogP contribution in [0.4, 0.5) is 0 Å². The van der Waals surface area contributed by atoms with Crippen molar-refractivity contribution in [3.8, 4) is 0 Å². The Morgan fingerprint density at radius 1 is 1.33 bits per heavy atom. The molecular weight excluding hydrogens is 252 g/mol. The van der Waals surface area contributed by atoms with Gasteiger partial charge in [0.05, 0.1) is 12.9 Å². The highest BCUT2D eigenvalue weighted by Gasteiger charge is 2.26. The second-order valence-electron chi connectivity index (χ2n) is 5.45. The van der Waals surface area contributed by atoms with Crippen molar-refractivity contribution < 1.29 is 13.2 Å². The topological polar surface area (TPSA) is 58.6 Å². The van der Waals surface area contributed by atoms with Crippen LogP contribution in [0.15, 0.2) is 0 Å². The van der Waals surface area contributed by atoms with Crippen molar-refractivity contribution in [1.82, 2.24) is 9.62 Å². The Morgan fingerprint density at radius 3 is 2.83 bits per heavy atom. The predicted molar refractivity (Wildman–Crippen MR) is 71.0 cm³/mol. The van der Waals surface area contributed by atoms with E-state index in [9.17, 15) is 8.42 Å². The average molecular weight is 276 g/mol. The molecule has 5 nitrogen and oxygen atoms in total. The van der Waals surface area contributed by atoms with Crippen molar-refractivity contribution in [2.75, 3.05) is 39.1 Å². The molecule has 0 saturated carbocycles. The molecule has 18 heavy (non-hydrogen) atoms. The van der Waals surface area contributed by atoms with E-state index in [0.717, 1.165) is 39.0 Å². The fraction of sp³-hybridized carbons (Fsp3) is 1.00. The van der Waals surface area contributed by atoms with Crippen LogP contribution in [0.5, 0.6) is 0 Å². The van der Waals surface area contributed by atoms with Gasteiger partial charge < -0.3 is 10.1 Å². The van der Waals surface area contributed by atoms with Gasteiger partial charge in [-0.05, 0) is 38.1 Å². The summed E-state index contributed by atoms with van der Waals surface area (Å²) in [5.74, 6) is 0.440. The maximum absolute atomic E-state index is 11.5. The highest BCUT2D eigenvalue weighted by molar-refractivity contribution is 7.88. The molecule has 6 heteroatoms. The molecule has 0 amide bonds. The molecule has 0 aromatic rings. The van der Waals surface area contributed by atoms with Gasteiger partial charge in [0.25, 0.3) is 0 Å². The lowest BCUT2D eigenvalue weighted by Gasteiger charge is -2.32. The zero-order valence-corrected chi connectivity index (χ0v) is 11.9. The number of rotatable bonds is 4. The zero-order chi connectivity index (χ0) is 13.0. The van der Waals surface area contributed by atoms with Crippen molar-refractivity contribution in [2.45, 2.75) is 31.7 Å². The molecule has 1 N–H and O–H groups in total. The number of hydrogen-bond acceptors (Lipinski definition) is 4. The SMILES string of the molecule is CS(=O)(=O)N1CCCC(CNC2CCCOC2)C1. The first-order valence-electron chi connectivity index (χ1n) is 6.82. The highest BCUT2D eigenvalue weighted by atomic mass is 32.2. The van der Waals surface area contributed by atoms with Crippen LogP contribution in [0.1, 0.15) is 25.7 Å². The number of nitrogens with zero attached hydrogens (tertiary/aromatic N) is 1. The van der Waals surface area contributed by atoms with E-state index in [1.54, 1.807) is 4.31 Å². The van der Waals surface area contributed by atoms with Gasteiger partial charge in [-0.2, -0.15) is 0 Å². The number of hydrogen-bond donors (Lipinski definition) is 1. The van der Waals surface area contributed by atoms with Crippen LogP contribution in [0.3, 0.4) is 0 Å². The van der Waals surface area contributed by atoms with E-state index in [1.807, 2.05) is 0 Å². The van der Waals surface area contributed by atoms with Gasteiger partial charge in [-0.25, -0.2) is 12.7 Å². The summed E-state index contributed by atoms with van der Waals surface area (Å²) in [6.45, 7) is 3.92. The smallest absolute Gasteiger partial charge is 0.211 e. The maximum Gasteiger partial charge on any atom is 0.211 e. The third-order valence-electron chi connectivity index (χ3n) is 3.81. The summed E-state index contributed by atoms with van der Waals surface area (Å²) in [7, 11) is -3.02. The number of piperidine rings is 1. The van der Waals surface area contributed by atoms with Crippen LogP contribution < -0.4 is 5.32 Å². The standard InChI is InChI=1S/C12H24N2O3S/c1-18(15,16)14-6-2-4-11(9-14)8-13-12-5-3-7-17-10-12/h11-13H,2-10H2,1H3. The van der Waals surface area contributed by atoms with Crippen LogP contribution in [-0.4, -0.2) is 57.9 Å². The van der Waals surface area contributed by atoms with Crippen LogP contribution in [0.2, 0.25) is 0 Å². The van der Waals surface area contributed by atoms with E-state index < -0.39 is 10.0 Å². The Hall–Kier alpha value is -0.170. The lowest BCUT2D eigenvalue weighted by molar-refractivity contribution is 0.0679. The molecule has 2 aliphatic heterocycles. The molecule has 0 aromatic heterocycles. The second-order valence-corrected chi connectivity index (χ2v) is 7.43. The van der Waals surface area contributed by atoms with Crippen molar-refractivity contribution in [3.63, 3.8) is 0 Å².